The molecule has 0 spiro atoms. The van der Waals surface area contributed by atoms with E-state index in [1.165, 1.54) is 10.9 Å². The molecule has 0 radical (unpaired) electrons. The van der Waals surface area contributed by atoms with Gasteiger partial charge in [0, 0.05) is 12.1 Å². The number of rotatable bonds is 4. The Morgan fingerprint density at radius 1 is 1.33 bits per heavy atom. The summed E-state index contributed by atoms with van der Waals surface area (Å²) in [5.74, 6) is 0.636. The summed E-state index contributed by atoms with van der Waals surface area (Å²) in [4.78, 5) is 0. The molecule has 1 heterocycles. The van der Waals surface area contributed by atoms with Crippen molar-refractivity contribution in [2.75, 3.05) is 6.61 Å². The highest BCUT2D eigenvalue weighted by Crippen LogP contribution is 2.23. The third-order valence-electron chi connectivity index (χ3n) is 2.47. The van der Waals surface area contributed by atoms with Crippen molar-refractivity contribution >= 4 is 23.2 Å². The molecule has 2 rings (SSSR count). The second kappa shape index (κ2) is 5.61. The number of aliphatic hydroxyl groups is 1. The molecule has 0 bridgehead atoms. The molecule has 1 N–H and O–H groups in total. The second-order valence-corrected chi connectivity index (χ2v) is 4.63. The average Bonchev–Trinajstić information content (AvgIpc) is 2.68. The van der Waals surface area contributed by atoms with Crippen LogP contribution in [0.2, 0.25) is 10.0 Å². The number of aryl methyl sites for hydroxylation is 1. The molecule has 0 aliphatic carbocycles. The molecule has 0 aliphatic rings. The Bertz CT molecular complexity index is 506. The van der Waals surface area contributed by atoms with Crippen molar-refractivity contribution in [3.05, 3.63) is 46.2 Å². The average molecular weight is 287 g/mol. The molecule has 0 saturated heterocycles. The molecule has 1 unspecified atom stereocenters. The van der Waals surface area contributed by atoms with Gasteiger partial charge in [-0.3, -0.25) is 4.68 Å². The summed E-state index contributed by atoms with van der Waals surface area (Å²) in [6.07, 6.45) is 0.656. The van der Waals surface area contributed by atoms with E-state index in [0.717, 1.165) is 0 Å². The second-order valence-electron chi connectivity index (χ2n) is 3.78. The highest BCUT2D eigenvalue weighted by molar-refractivity contribution is 6.31. The SMILES string of the molecule is Cn1ncc(Cl)c1C(O)COc1ccc(Cl)cc1. The van der Waals surface area contributed by atoms with Crippen LogP contribution in [-0.4, -0.2) is 21.5 Å². The van der Waals surface area contributed by atoms with E-state index in [0.29, 0.717) is 21.5 Å². The Kier molecular flexibility index (Phi) is 4.11. The van der Waals surface area contributed by atoms with Crippen LogP contribution in [0.5, 0.6) is 5.75 Å². The highest BCUT2D eigenvalue weighted by Gasteiger charge is 2.17. The zero-order chi connectivity index (χ0) is 13.1. The van der Waals surface area contributed by atoms with Crippen molar-refractivity contribution in [3.8, 4) is 5.75 Å². The normalized spacial score (nSPS) is 12.4. The van der Waals surface area contributed by atoms with Crippen molar-refractivity contribution in [3.63, 3.8) is 0 Å². The Hall–Kier alpha value is -1.23. The fourth-order valence-corrected chi connectivity index (χ4v) is 2.00. The van der Waals surface area contributed by atoms with Crippen LogP contribution in [0, 0.1) is 0 Å². The molecule has 0 amide bonds. The number of benzene rings is 1. The lowest BCUT2D eigenvalue weighted by atomic mass is 10.2. The number of ether oxygens (including phenoxy) is 1. The maximum absolute atomic E-state index is 9.99. The quantitative estimate of drug-likeness (QED) is 0.940. The molecule has 2 aromatic rings. The van der Waals surface area contributed by atoms with Crippen LogP contribution in [-0.2, 0) is 7.05 Å². The van der Waals surface area contributed by atoms with Crippen molar-refractivity contribution < 1.29 is 9.84 Å². The summed E-state index contributed by atoms with van der Waals surface area (Å²) < 4.78 is 6.97. The molecule has 1 aromatic heterocycles. The molecule has 1 atom stereocenters. The van der Waals surface area contributed by atoms with Gasteiger partial charge in [0.1, 0.15) is 18.5 Å². The van der Waals surface area contributed by atoms with E-state index in [1.54, 1.807) is 31.3 Å². The van der Waals surface area contributed by atoms with Gasteiger partial charge in [-0.05, 0) is 24.3 Å². The molecule has 96 valence electrons. The van der Waals surface area contributed by atoms with Gasteiger partial charge < -0.3 is 9.84 Å². The molecular weight excluding hydrogens is 275 g/mol. The number of aliphatic hydroxyl groups excluding tert-OH is 1. The minimum atomic E-state index is -0.833. The lowest BCUT2D eigenvalue weighted by Gasteiger charge is -2.13. The molecule has 1 aromatic carbocycles. The van der Waals surface area contributed by atoms with Crippen LogP contribution in [0.25, 0.3) is 0 Å². The van der Waals surface area contributed by atoms with Crippen molar-refractivity contribution in [1.82, 2.24) is 9.78 Å². The van der Waals surface area contributed by atoms with Crippen molar-refractivity contribution in [2.45, 2.75) is 6.10 Å². The number of aromatic nitrogens is 2. The minimum absolute atomic E-state index is 0.0981. The predicted molar refractivity (Wildman–Crippen MR) is 70.1 cm³/mol. The zero-order valence-corrected chi connectivity index (χ0v) is 11.2. The van der Waals surface area contributed by atoms with Crippen LogP contribution in [0.1, 0.15) is 11.8 Å². The highest BCUT2D eigenvalue weighted by atomic mass is 35.5. The molecule has 18 heavy (non-hydrogen) atoms. The van der Waals surface area contributed by atoms with E-state index in [2.05, 4.69) is 5.10 Å². The number of hydrogen-bond donors (Lipinski definition) is 1. The maximum atomic E-state index is 9.99. The van der Waals surface area contributed by atoms with Crippen LogP contribution < -0.4 is 4.74 Å². The van der Waals surface area contributed by atoms with E-state index < -0.39 is 6.10 Å². The number of hydrogen-bond acceptors (Lipinski definition) is 3. The Morgan fingerprint density at radius 2 is 2.00 bits per heavy atom. The van der Waals surface area contributed by atoms with Crippen LogP contribution in [0.3, 0.4) is 0 Å². The maximum Gasteiger partial charge on any atom is 0.131 e. The standard InChI is InChI=1S/C12H12Cl2N2O2/c1-16-12(10(14)6-15-16)11(17)7-18-9-4-2-8(13)3-5-9/h2-6,11,17H,7H2,1H3. The lowest BCUT2D eigenvalue weighted by Crippen LogP contribution is -2.13. The smallest absolute Gasteiger partial charge is 0.131 e. The summed E-state index contributed by atoms with van der Waals surface area (Å²) in [6.45, 7) is 0.0981. The third-order valence-corrected chi connectivity index (χ3v) is 3.02. The molecular formula is C12H12Cl2N2O2. The van der Waals surface area contributed by atoms with Gasteiger partial charge in [0.25, 0.3) is 0 Å². The van der Waals surface area contributed by atoms with Crippen LogP contribution in [0.4, 0.5) is 0 Å². The van der Waals surface area contributed by atoms with E-state index in [1.807, 2.05) is 0 Å². The molecule has 0 fully saturated rings. The fourth-order valence-electron chi connectivity index (χ4n) is 1.58. The van der Waals surface area contributed by atoms with Crippen LogP contribution in [0.15, 0.2) is 30.5 Å². The van der Waals surface area contributed by atoms with Gasteiger partial charge in [-0.25, -0.2) is 0 Å². The first kappa shape index (κ1) is 13.2. The van der Waals surface area contributed by atoms with E-state index >= 15 is 0 Å². The summed E-state index contributed by atoms with van der Waals surface area (Å²) >= 11 is 11.7. The van der Waals surface area contributed by atoms with Gasteiger partial charge in [0.15, 0.2) is 0 Å². The molecule has 0 saturated carbocycles. The van der Waals surface area contributed by atoms with Crippen molar-refractivity contribution in [1.29, 1.82) is 0 Å². The summed E-state index contributed by atoms with van der Waals surface area (Å²) in [5, 5.41) is 15.0. The third kappa shape index (κ3) is 2.96. The van der Waals surface area contributed by atoms with Gasteiger partial charge in [0.2, 0.25) is 0 Å². The Morgan fingerprint density at radius 3 is 2.56 bits per heavy atom. The number of nitrogens with zero attached hydrogens (tertiary/aromatic N) is 2. The molecule has 0 aliphatic heterocycles. The van der Waals surface area contributed by atoms with Gasteiger partial charge >= 0.3 is 0 Å². The van der Waals surface area contributed by atoms with Gasteiger partial charge in [0.05, 0.1) is 16.9 Å². The largest absolute Gasteiger partial charge is 0.490 e. The molecule has 4 nitrogen and oxygen atoms in total. The minimum Gasteiger partial charge on any atom is -0.490 e. The van der Waals surface area contributed by atoms with E-state index in [4.69, 9.17) is 27.9 Å². The van der Waals surface area contributed by atoms with E-state index in [9.17, 15) is 5.11 Å². The molecule has 6 heteroatoms. The van der Waals surface area contributed by atoms with Gasteiger partial charge in [-0.1, -0.05) is 23.2 Å². The Balaban J connectivity index is 2.00. The summed E-state index contributed by atoms with van der Waals surface area (Å²) in [6, 6.07) is 6.92. The topological polar surface area (TPSA) is 47.3 Å². The predicted octanol–water partition coefficient (Wildman–Crippen LogP) is 2.84. The monoisotopic (exact) mass is 286 g/mol. The van der Waals surface area contributed by atoms with Gasteiger partial charge in [-0.2, -0.15) is 5.10 Å². The first-order chi connectivity index (χ1) is 8.58. The summed E-state index contributed by atoms with van der Waals surface area (Å²) in [7, 11) is 1.72. The summed E-state index contributed by atoms with van der Waals surface area (Å²) in [5.41, 5.74) is 0.533. The van der Waals surface area contributed by atoms with Crippen molar-refractivity contribution in [2.24, 2.45) is 7.05 Å². The van der Waals surface area contributed by atoms with E-state index in [-0.39, 0.29) is 6.61 Å². The first-order valence-electron chi connectivity index (χ1n) is 5.31. The fraction of sp³-hybridized carbons (Fsp3) is 0.250. The van der Waals surface area contributed by atoms with Crippen LogP contribution >= 0.6 is 23.2 Å². The van der Waals surface area contributed by atoms with Gasteiger partial charge in [-0.15, -0.1) is 0 Å². The zero-order valence-electron chi connectivity index (χ0n) is 9.68. The first-order valence-corrected chi connectivity index (χ1v) is 6.07. The lowest BCUT2D eigenvalue weighted by molar-refractivity contribution is 0.101. The Labute approximate surface area is 115 Å². The number of halogens is 2.